The van der Waals surface area contributed by atoms with Gasteiger partial charge in [0.2, 0.25) is 0 Å². The fourth-order valence-electron chi connectivity index (χ4n) is 1.80. The molecule has 0 atom stereocenters. The van der Waals surface area contributed by atoms with Gasteiger partial charge in [0.15, 0.2) is 5.82 Å². The quantitative estimate of drug-likeness (QED) is 0.877. The van der Waals surface area contributed by atoms with E-state index in [1.54, 1.807) is 6.20 Å². The van der Waals surface area contributed by atoms with Gasteiger partial charge in [-0.15, -0.1) is 0 Å². The molecule has 0 radical (unpaired) electrons. The first-order chi connectivity index (χ1) is 8.66. The Balaban J connectivity index is 2.15. The van der Waals surface area contributed by atoms with Gasteiger partial charge in [0.25, 0.3) is 0 Å². The normalized spacial score (nSPS) is 11.1. The van der Waals surface area contributed by atoms with E-state index in [2.05, 4.69) is 35.3 Å². The van der Waals surface area contributed by atoms with E-state index in [-0.39, 0.29) is 0 Å². The second-order valence-electron chi connectivity index (χ2n) is 4.97. The maximum absolute atomic E-state index is 4.42. The molecule has 96 valence electrons. The Labute approximate surface area is 108 Å². The van der Waals surface area contributed by atoms with Crippen LogP contribution in [0.25, 0.3) is 5.82 Å². The first-order valence-electron chi connectivity index (χ1n) is 6.33. The molecule has 0 spiro atoms. The molecule has 18 heavy (non-hydrogen) atoms. The highest BCUT2D eigenvalue weighted by Crippen LogP contribution is 2.11. The van der Waals surface area contributed by atoms with Crippen molar-refractivity contribution >= 4 is 0 Å². The molecular weight excluding hydrogens is 224 g/mol. The van der Waals surface area contributed by atoms with Gasteiger partial charge in [-0.1, -0.05) is 19.9 Å². The maximum Gasteiger partial charge on any atom is 0.157 e. The minimum atomic E-state index is 0.650. The molecule has 0 saturated heterocycles. The first kappa shape index (κ1) is 12.8. The Bertz CT molecular complexity index is 502. The third-order valence-electron chi connectivity index (χ3n) is 2.66. The minimum absolute atomic E-state index is 0.650. The zero-order chi connectivity index (χ0) is 13.0. The number of nitrogens with zero attached hydrogens (tertiary/aromatic N) is 3. The lowest BCUT2D eigenvalue weighted by molar-refractivity contribution is 0.550. The summed E-state index contributed by atoms with van der Waals surface area (Å²) in [5, 5.41) is 7.75. The van der Waals surface area contributed by atoms with Crippen molar-refractivity contribution in [2.45, 2.75) is 27.3 Å². The molecule has 0 bridgehead atoms. The smallest absolute Gasteiger partial charge is 0.157 e. The number of hydrogen-bond acceptors (Lipinski definition) is 3. The number of hydrogen-bond donors (Lipinski definition) is 1. The Hall–Kier alpha value is -1.68. The lowest BCUT2D eigenvalue weighted by Gasteiger charge is -2.10. The topological polar surface area (TPSA) is 42.7 Å². The average Bonchev–Trinajstić information content (AvgIpc) is 2.76. The van der Waals surface area contributed by atoms with E-state index in [1.807, 2.05) is 30.1 Å². The van der Waals surface area contributed by atoms with Crippen LogP contribution in [-0.2, 0) is 6.54 Å². The summed E-state index contributed by atoms with van der Waals surface area (Å²) in [7, 11) is 0. The lowest BCUT2D eigenvalue weighted by Crippen LogP contribution is -2.20. The highest BCUT2D eigenvalue weighted by molar-refractivity contribution is 5.33. The predicted octanol–water partition coefficient (Wildman–Crippen LogP) is 2.32. The van der Waals surface area contributed by atoms with Gasteiger partial charge in [-0.25, -0.2) is 9.67 Å². The van der Waals surface area contributed by atoms with Gasteiger partial charge >= 0.3 is 0 Å². The van der Waals surface area contributed by atoms with Crippen LogP contribution in [0, 0.1) is 12.8 Å². The van der Waals surface area contributed by atoms with Gasteiger partial charge in [-0.05, 0) is 31.0 Å². The summed E-state index contributed by atoms with van der Waals surface area (Å²) in [6.07, 6.45) is 5.65. The molecule has 0 aromatic carbocycles. The van der Waals surface area contributed by atoms with Crippen molar-refractivity contribution in [2.75, 3.05) is 6.54 Å². The number of aryl methyl sites for hydroxylation is 1. The summed E-state index contributed by atoms with van der Waals surface area (Å²) in [5.74, 6) is 1.55. The number of pyridine rings is 1. The van der Waals surface area contributed by atoms with Crippen molar-refractivity contribution in [3.8, 4) is 5.82 Å². The van der Waals surface area contributed by atoms with Crippen LogP contribution in [0.1, 0.15) is 25.0 Å². The van der Waals surface area contributed by atoms with Crippen molar-refractivity contribution < 1.29 is 0 Å². The Morgan fingerprint density at radius 2 is 2.22 bits per heavy atom. The monoisotopic (exact) mass is 244 g/mol. The van der Waals surface area contributed by atoms with Gasteiger partial charge in [0, 0.05) is 24.5 Å². The second-order valence-corrected chi connectivity index (χ2v) is 4.97. The summed E-state index contributed by atoms with van der Waals surface area (Å²) < 4.78 is 1.84. The molecule has 1 N–H and O–H groups in total. The predicted molar refractivity (Wildman–Crippen MR) is 72.6 cm³/mol. The fraction of sp³-hybridized carbons (Fsp3) is 0.429. The Morgan fingerprint density at radius 1 is 1.39 bits per heavy atom. The second kappa shape index (κ2) is 5.78. The van der Waals surface area contributed by atoms with Gasteiger partial charge in [-0.2, -0.15) is 5.10 Å². The van der Waals surface area contributed by atoms with E-state index < -0.39 is 0 Å². The van der Waals surface area contributed by atoms with Crippen LogP contribution in [0.2, 0.25) is 0 Å². The molecule has 0 unspecified atom stereocenters. The molecule has 0 aliphatic carbocycles. The van der Waals surface area contributed by atoms with E-state index in [1.165, 1.54) is 5.56 Å². The van der Waals surface area contributed by atoms with Crippen molar-refractivity contribution in [3.63, 3.8) is 0 Å². The molecule has 4 heteroatoms. The first-order valence-corrected chi connectivity index (χ1v) is 6.33. The fourth-order valence-corrected chi connectivity index (χ4v) is 1.80. The molecule has 2 aromatic heterocycles. The summed E-state index contributed by atoms with van der Waals surface area (Å²) >= 11 is 0. The highest BCUT2D eigenvalue weighted by atomic mass is 15.3. The molecular formula is C14H20N4. The molecule has 0 fully saturated rings. The number of rotatable bonds is 5. The van der Waals surface area contributed by atoms with Crippen LogP contribution >= 0.6 is 0 Å². The van der Waals surface area contributed by atoms with Gasteiger partial charge in [0.1, 0.15) is 0 Å². The van der Waals surface area contributed by atoms with Crippen LogP contribution < -0.4 is 5.32 Å². The van der Waals surface area contributed by atoms with E-state index in [0.29, 0.717) is 5.92 Å². The average molecular weight is 244 g/mol. The SMILES string of the molecule is Cc1cnn(-c2ncccc2CNCC(C)C)c1. The van der Waals surface area contributed by atoms with Crippen LogP contribution in [0.4, 0.5) is 0 Å². The summed E-state index contributed by atoms with van der Waals surface area (Å²) in [4.78, 5) is 4.42. The molecule has 4 nitrogen and oxygen atoms in total. The zero-order valence-electron chi connectivity index (χ0n) is 11.2. The van der Waals surface area contributed by atoms with Gasteiger partial charge in [-0.3, -0.25) is 0 Å². The van der Waals surface area contributed by atoms with Crippen molar-refractivity contribution in [2.24, 2.45) is 5.92 Å². The van der Waals surface area contributed by atoms with Crippen LogP contribution in [0.5, 0.6) is 0 Å². The zero-order valence-corrected chi connectivity index (χ0v) is 11.2. The standard InChI is InChI=1S/C14H20N4/c1-11(2)7-15-9-13-5-4-6-16-14(13)18-10-12(3)8-17-18/h4-6,8,10-11,15H,7,9H2,1-3H3. The number of nitrogens with one attached hydrogen (secondary N) is 1. The minimum Gasteiger partial charge on any atom is -0.312 e. The summed E-state index contributed by atoms with van der Waals surface area (Å²) in [5.41, 5.74) is 2.31. The van der Waals surface area contributed by atoms with Crippen molar-refractivity contribution in [1.82, 2.24) is 20.1 Å². The van der Waals surface area contributed by atoms with E-state index in [9.17, 15) is 0 Å². The summed E-state index contributed by atoms with van der Waals surface area (Å²) in [6.45, 7) is 8.26. The highest BCUT2D eigenvalue weighted by Gasteiger charge is 2.06. The third kappa shape index (κ3) is 3.17. The molecule has 0 amide bonds. The molecule has 0 aliphatic heterocycles. The van der Waals surface area contributed by atoms with Crippen LogP contribution in [0.15, 0.2) is 30.7 Å². The molecule has 0 saturated carbocycles. The molecule has 2 heterocycles. The largest absolute Gasteiger partial charge is 0.312 e. The third-order valence-corrected chi connectivity index (χ3v) is 2.66. The van der Waals surface area contributed by atoms with Gasteiger partial charge in [0.05, 0.1) is 6.20 Å². The van der Waals surface area contributed by atoms with Crippen LogP contribution in [0.3, 0.4) is 0 Å². The van der Waals surface area contributed by atoms with Crippen molar-refractivity contribution in [3.05, 3.63) is 41.9 Å². The van der Waals surface area contributed by atoms with Crippen LogP contribution in [-0.4, -0.2) is 21.3 Å². The lowest BCUT2D eigenvalue weighted by atomic mass is 10.2. The molecule has 2 rings (SSSR count). The van der Waals surface area contributed by atoms with E-state index in [0.717, 1.165) is 24.5 Å². The Kier molecular flexibility index (Phi) is 4.10. The number of aromatic nitrogens is 3. The van der Waals surface area contributed by atoms with E-state index >= 15 is 0 Å². The van der Waals surface area contributed by atoms with Crippen molar-refractivity contribution in [1.29, 1.82) is 0 Å². The maximum atomic E-state index is 4.42. The Morgan fingerprint density at radius 3 is 2.89 bits per heavy atom. The molecule has 0 aliphatic rings. The van der Waals surface area contributed by atoms with Gasteiger partial charge < -0.3 is 5.32 Å². The van der Waals surface area contributed by atoms with E-state index in [4.69, 9.17) is 0 Å². The summed E-state index contributed by atoms with van der Waals surface area (Å²) in [6, 6.07) is 4.05. The molecule has 2 aromatic rings.